The second-order valence-corrected chi connectivity index (χ2v) is 10.3. The molecule has 0 atom stereocenters. The van der Waals surface area contributed by atoms with Crippen LogP contribution in [0.1, 0.15) is 44.6 Å². The van der Waals surface area contributed by atoms with E-state index in [-0.39, 0.29) is 0 Å². The largest absolute Gasteiger partial charge is 0.308 e. The van der Waals surface area contributed by atoms with Gasteiger partial charge in [-0.05, 0) is 98.3 Å². The van der Waals surface area contributed by atoms with Gasteiger partial charge in [0.15, 0.2) is 0 Å². The third-order valence-electron chi connectivity index (χ3n) is 8.60. The summed E-state index contributed by atoms with van der Waals surface area (Å²) < 4.78 is 0. The summed E-state index contributed by atoms with van der Waals surface area (Å²) in [4.78, 5) is 7.32. The number of para-hydroxylation sites is 1. The van der Waals surface area contributed by atoms with Crippen molar-refractivity contribution in [2.75, 3.05) is 4.90 Å². The van der Waals surface area contributed by atoms with Crippen molar-refractivity contribution in [2.45, 2.75) is 25.7 Å². The summed E-state index contributed by atoms with van der Waals surface area (Å²) in [5.74, 6) is 0. The van der Waals surface area contributed by atoms with Crippen molar-refractivity contribution in [3.05, 3.63) is 130 Å². The lowest BCUT2D eigenvalue weighted by Crippen LogP contribution is -2.26. The molecule has 1 aromatic heterocycles. The van der Waals surface area contributed by atoms with Crippen molar-refractivity contribution in [3.63, 3.8) is 0 Å². The zero-order valence-corrected chi connectivity index (χ0v) is 19.3. The molecule has 0 saturated carbocycles. The minimum Gasteiger partial charge on any atom is -0.308 e. The molecule has 0 amide bonds. The summed E-state index contributed by atoms with van der Waals surface area (Å²) in [5, 5.41) is 0. The number of rotatable bonds is 0. The second kappa shape index (κ2) is 6.28. The predicted octanol–water partition coefficient (Wildman–Crippen LogP) is 7.50. The van der Waals surface area contributed by atoms with Crippen LogP contribution in [-0.4, -0.2) is 4.98 Å². The van der Waals surface area contributed by atoms with Crippen LogP contribution in [0.25, 0.3) is 22.3 Å². The van der Waals surface area contributed by atoms with Gasteiger partial charge in [0.05, 0.1) is 17.1 Å². The highest BCUT2D eigenvalue weighted by molar-refractivity contribution is 5.96. The molecular formula is C33H22N2. The van der Waals surface area contributed by atoms with Crippen molar-refractivity contribution in [1.29, 1.82) is 0 Å². The van der Waals surface area contributed by atoms with Crippen LogP contribution in [0.15, 0.2) is 85.1 Å². The van der Waals surface area contributed by atoms with Crippen LogP contribution in [0.4, 0.5) is 17.1 Å². The topological polar surface area (TPSA) is 16.1 Å². The van der Waals surface area contributed by atoms with Gasteiger partial charge >= 0.3 is 0 Å². The Morgan fingerprint density at radius 3 is 2.31 bits per heavy atom. The van der Waals surface area contributed by atoms with Gasteiger partial charge in [-0.25, -0.2) is 0 Å². The Kier molecular flexibility index (Phi) is 3.27. The zero-order chi connectivity index (χ0) is 22.7. The van der Waals surface area contributed by atoms with Gasteiger partial charge in [0.1, 0.15) is 0 Å². The number of anilines is 3. The van der Waals surface area contributed by atoms with Gasteiger partial charge < -0.3 is 4.90 Å². The summed E-state index contributed by atoms with van der Waals surface area (Å²) in [6, 6.07) is 29.5. The highest BCUT2D eigenvalue weighted by Crippen LogP contribution is 2.56. The molecule has 164 valence electrons. The molecule has 9 rings (SSSR count). The van der Waals surface area contributed by atoms with Gasteiger partial charge in [-0.3, -0.25) is 4.98 Å². The third kappa shape index (κ3) is 2.23. The Labute approximate surface area is 204 Å². The van der Waals surface area contributed by atoms with Crippen molar-refractivity contribution in [2.24, 2.45) is 0 Å². The van der Waals surface area contributed by atoms with Gasteiger partial charge in [0, 0.05) is 24.7 Å². The van der Waals surface area contributed by atoms with E-state index in [0.29, 0.717) is 0 Å². The van der Waals surface area contributed by atoms with E-state index in [2.05, 4.69) is 83.8 Å². The minimum atomic E-state index is 0.898. The Morgan fingerprint density at radius 2 is 1.34 bits per heavy atom. The van der Waals surface area contributed by atoms with E-state index < -0.39 is 0 Å². The summed E-state index contributed by atoms with van der Waals surface area (Å²) >= 11 is 0. The Balaban J connectivity index is 1.33. The minimum absolute atomic E-state index is 0.898. The fourth-order valence-electron chi connectivity index (χ4n) is 7.18. The molecule has 2 heteroatoms. The van der Waals surface area contributed by atoms with E-state index in [0.717, 1.165) is 25.7 Å². The summed E-state index contributed by atoms with van der Waals surface area (Å²) in [6.07, 6.45) is 5.92. The second-order valence-electron chi connectivity index (χ2n) is 10.3. The van der Waals surface area contributed by atoms with E-state index in [1.165, 1.54) is 84.0 Å². The lowest BCUT2D eigenvalue weighted by atomic mass is 9.83. The molecule has 35 heavy (non-hydrogen) atoms. The lowest BCUT2D eigenvalue weighted by Gasteiger charge is -2.40. The van der Waals surface area contributed by atoms with Crippen molar-refractivity contribution in [3.8, 4) is 22.3 Å². The zero-order valence-electron chi connectivity index (χ0n) is 19.3. The molecule has 0 fully saturated rings. The third-order valence-corrected chi connectivity index (χ3v) is 8.60. The average Bonchev–Trinajstić information content (AvgIpc) is 3.47. The first-order valence-electron chi connectivity index (χ1n) is 12.6. The number of pyridine rings is 1. The maximum Gasteiger partial charge on any atom is 0.0688 e. The molecule has 0 N–H and O–H groups in total. The Morgan fingerprint density at radius 1 is 0.543 bits per heavy atom. The molecule has 4 aromatic carbocycles. The fourth-order valence-corrected chi connectivity index (χ4v) is 7.18. The fraction of sp³-hybridized carbons (Fsp3) is 0.121. The van der Waals surface area contributed by atoms with Crippen molar-refractivity contribution >= 4 is 17.1 Å². The molecule has 2 aliphatic carbocycles. The maximum atomic E-state index is 4.82. The molecule has 0 bridgehead atoms. The van der Waals surface area contributed by atoms with Crippen LogP contribution in [-0.2, 0) is 25.7 Å². The quantitative estimate of drug-likeness (QED) is 0.240. The van der Waals surface area contributed by atoms with Crippen LogP contribution in [0.2, 0.25) is 0 Å². The Bertz CT molecular complexity index is 1750. The highest BCUT2D eigenvalue weighted by Gasteiger charge is 2.37. The van der Waals surface area contributed by atoms with E-state index >= 15 is 0 Å². The molecule has 0 saturated heterocycles. The molecule has 0 spiro atoms. The first-order valence-corrected chi connectivity index (χ1v) is 12.6. The van der Waals surface area contributed by atoms with Crippen LogP contribution in [0, 0.1) is 0 Å². The maximum absolute atomic E-state index is 4.82. The summed E-state index contributed by atoms with van der Waals surface area (Å²) in [5.41, 5.74) is 21.3. The van der Waals surface area contributed by atoms with Crippen LogP contribution >= 0.6 is 0 Å². The van der Waals surface area contributed by atoms with E-state index in [4.69, 9.17) is 4.98 Å². The van der Waals surface area contributed by atoms with Crippen molar-refractivity contribution < 1.29 is 0 Å². The van der Waals surface area contributed by atoms with Gasteiger partial charge in [-0.15, -0.1) is 0 Å². The van der Waals surface area contributed by atoms with Crippen LogP contribution in [0.5, 0.6) is 0 Å². The molecule has 0 radical (unpaired) electrons. The number of fused-ring (bicyclic) bond motifs is 12. The lowest BCUT2D eigenvalue weighted by molar-refractivity contribution is 0.961. The molecule has 4 aliphatic rings. The van der Waals surface area contributed by atoms with Gasteiger partial charge in [0.2, 0.25) is 0 Å². The predicted molar refractivity (Wildman–Crippen MR) is 141 cm³/mol. The number of benzene rings is 4. The van der Waals surface area contributed by atoms with E-state index in [1.807, 2.05) is 6.20 Å². The first-order chi connectivity index (χ1) is 17.3. The molecule has 3 heterocycles. The monoisotopic (exact) mass is 446 g/mol. The van der Waals surface area contributed by atoms with Crippen LogP contribution in [0.3, 0.4) is 0 Å². The number of hydrogen-bond acceptors (Lipinski definition) is 2. The van der Waals surface area contributed by atoms with E-state index in [1.54, 1.807) is 0 Å². The number of aromatic nitrogens is 1. The number of nitrogens with zero attached hydrogens (tertiary/aromatic N) is 2. The standard InChI is InChI=1S/C33H22N2/c1-3-8-23-19(6-1)14-26-24(23)12-11-21-16-25-27(32(21)26)17-22-18-29-31(10-5-13-34-29)35-30-9-4-2-7-20(30)15-28(25)33(22)35/h1-13,17H,14-16,18H2. The smallest absolute Gasteiger partial charge is 0.0688 e. The summed E-state index contributed by atoms with van der Waals surface area (Å²) in [7, 11) is 0. The molecule has 2 nitrogen and oxygen atoms in total. The summed E-state index contributed by atoms with van der Waals surface area (Å²) in [6.45, 7) is 0. The normalized spacial score (nSPS) is 14.9. The Hall–Kier alpha value is -4.17. The van der Waals surface area contributed by atoms with Crippen molar-refractivity contribution in [1.82, 2.24) is 4.98 Å². The SMILES string of the molecule is c1ccc2c(c1)Cc1c-2ccc2c1-c1cc3c4c(c1C2)Cc1ccccc1N4c1cccnc1C3. The van der Waals surface area contributed by atoms with Gasteiger partial charge in [0.25, 0.3) is 0 Å². The van der Waals surface area contributed by atoms with Gasteiger partial charge in [-0.2, -0.15) is 0 Å². The average molecular weight is 447 g/mol. The first kappa shape index (κ1) is 18.2. The highest BCUT2D eigenvalue weighted by atomic mass is 15.2. The molecular weight excluding hydrogens is 424 g/mol. The molecule has 2 aliphatic heterocycles. The van der Waals surface area contributed by atoms with Gasteiger partial charge in [-0.1, -0.05) is 54.6 Å². The van der Waals surface area contributed by atoms with Crippen LogP contribution < -0.4 is 4.90 Å². The molecule has 5 aromatic rings. The van der Waals surface area contributed by atoms with E-state index in [9.17, 15) is 0 Å². The number of hydrogen-bond donors (Lipinski definition) is 0. The molecule has 0 unspecified atom stereocenters.